The first-order valence-corrected chi connectivity index (χ1v) is 10.4. The third-order valence-corrected chi connectivity index (χ3v) is 5.08. The Kier molecular flexibility index (Phi) is 11.8. The summed E-state index contributed by atoms with van der Waals surface area (Å²) in [6, 6.07) is -4.45. The smallest absolute Gasteiger partial charge is 0.326 e. The highest BCUT2D eigenvalue weighted by Crippen LogP contribution is 2.09. The van der Waals surface area contributed by atoms with Crippen LogP contribution in [0.2, 0.25) is 0 Å². The number of amides is 4. The van der Waals surface area contributed by atoms with Crippen molar-refractivity contribution in [3.8, 4) is 0 Å². The fourth-order valence-electron chi connectivity index (χ4n) is 2.74. The molecule has 0 spiro atoms. The van der Waals surface area contributed by atoms with Crippen molar-refractivity contribution in [2.45, 2.75) is 78.6 Å². The van der Waals surface area contributed by atoms with Crippen molar-refractivity contribution in [3.63, 3.8) is 0 Å². The molecule has 5 unspecified atom stereocenters. The largest absolute Gasteiger partial charge is 0.480 e. The first kappa shape index (κ1) is 28.3. The van der Waals surface area contributed by atoms with E-state index in [9.17, 15) is 29.1 Å². The van der Waals surface area contributed by atoms with Crippen LogP contribution in [0.15, 0.2) is 0 Å². The molecule has 0 saturated carbocycles. The average Bonchev–Trinajstić information content (AvgIpc) is 2.66. The second-order valence-electron chi connectivity index (χ2n) is 8.44. The molecule has 0 aromatic rings. The Hall–Kier alpha value is -2.69. The molecule has 0 aliphatic heterocycles. The molecule has 0 bridgehead atoms. The number of aliphatic carboxylic acids is 1. The van der Waals surface area contributed by atoms with Crippen molar-refractivity contribution < 1.29 is 29.1 Å². The molecule has 0 rings (SSSR count). The van der Waals surface area contributed by atoms with Crippen molar-refractivity contribution in [1.29, 1.82) is 0 Å². The van der Waals surface area contributed by atoms with E-state index in [2.05, 4.69) is 16.0 Å². The van der Waals surface area contributed by atoms with E-state index in [1.165, 1.54) is 0 Å². The predicted octanol–water partition coefficient (Wildman–Crippen LogP) is -0.914. The maximum atomic E-state index is 12.8. The number of carbonyl (C=O) groups is 5. The van der Waals surface area contributed by atoms with Crippen molar-refractivity contribution in [2.75, 3.05) is 0 Å². The molecule has 11 nitrogen and oxygen atoms in total. The summed E-state index contributed by atoms with van der Waals surface area (Å²) in [4.78, 5) is 60.6. The number of primary amides is 1. The second-order valence-corrected chi connectivity index (χ2v) is 8.44. The van der Waals surface area contributed by atoms with E-state index in [1.54, 1.807) is 27.7 Å². The van der Waals surface area contributed by atoms with Crippen LogP contribution in [0.5, 0.6) is 0 Å². The summed E-state index contributed by atoms with van der Waals surface area (Å²) in [5.74, 6) is -5.09. The monoisotopic (exact) mass is 443 g/mol. The minimum absolute atomic E-state index is 0.103. The summed E-state index contributed by atoms with van der Waals surface area (Å²) in [5, 5.41) is 16.6. The molecule has 0 aliphatic carbocycles. The molecule has 0 aliphatic rings. The van der Waals surface area contributed by atoms with Gasteiger partial charge in [-0.3, -0.25) is 19.2 Å². The van der Waals surface area contributed by atoms with Crippen LogP contribution in [-0.4, -0.2) is 58.9 Å². The van der Waals surface area contributed by atoms with Gasteiger partial charge in [0.1, 0.15) is 18.1 Å². The van der Waals surface area contributed by atoms with Gasteiger partial charge in [-0.2, -0.15) is 0 Å². The van der Waals surface area contributed by atoms with Crippen LogP contribution in [-0.2, 0) is 24.0 Å². The van der Waals surface area contributed by atoms with Gasteiger partial charge in [0.25, 0.3) is 0 Å². The first-order valence-electron chi connectivity index (χ1n) is 10.4. The van der Waals surface area contributed by atoms with Gasteiger partial charge in [-0.15, -0.1) is 0 Å². The average molecular weight is 444 g/mol. The zero-order valence-electron chi connectivity index (χ0n) is 19.1. The molecule has 5 atom stereocenters. The maximum absolute atomic E-state index is 12.8. The van der Waals surface area contributed by atoms with Gasteiger partial charge in [-0.1, -0.05) is 48.0 Å². The minimum Gasteiger partial charge on any atom is -0.480 e. The summed E-state index contributed by atoms with van der Waals surface area (Å²) in [6.07, 6.45) is 0.141. The summed E-state index contributed by atoms with van der Waals surface area (Å²) >= 11 is 0. The normalized spacial score (nSPS) is 16.0. The SMILES string of the molecule is CCC(C)C(N)C(=O)NC(C(=O)NC(CC(N)=O)C(=O)NC(C(=O)O)C(C)C)C(C)C. The van der Waals surface area contributed by atoms with Crippen molar-refractivity contribution in [1.82, 2.24) is 16.0 Å². The van der Waals surface area contributed by atoms with Crippen LogP contribution in [0.3, 0.4) is 0 Å². The number of carboxylic acids is 1. The third-order valence-electron chi connectivity index (χ3n) is 5.08. The molecule has 0 heterocycles. The van der Waals surface area contributed by atoms with E-state index < -0.39 is 66.1 Å². The number of carbonyl (C=O) groups excluding carboxylic acids is 4. The lowest BCUT2D eigenvalue weighted by atomic mass is 9.97. The van der Waals surface area contributed by atoms with E-state index in [0.29, 0.717) is 6.42 Å². The molecule has 0 saturated heterocycles. The van der Waals surface area contributed by atoms with Gasteiger partial charge in [0, 0.05) is 0 Å². The van der Waals surface area contributed by atoms with Crippen LogP contribution >= 0.6 is 0 Å². The summed E-state index contributed by atoms with van der Waals surface area (Å²) in [6.45, 7) is 10.3. The van der Waals surface area contributed by atoms with Crippen molar-refractivity contribution in [2.24, 2.45) is 29.2 Å². The van der Waals surface area contributed by atoms with Crippen LogP contribution in [0.25, 0.3) is 0 Å². The minimum atomic E-state index is -1.40. The second kappa shape index (κ2) is 12.9. The molecule has 31 heavy (non-hydrogen) atoms. The zero-order valence-corrected chi connectivity index (χ0v) is 19.1. The Morgan fingerprint density at radius 2 is 1.29 bits per heavy atom. The lowest BCUT2D eigenvalue weighted by Crippen LogP contribution is -2.59. The van der Waals surface area contributed by atoms with Gasteiger partial charge >= 0.3 is 5.97 Å². The van der Waals surface area contributed by atoms with Gasteiger partial charge in [0.15, 0.2) is 0 Å². The standard InChI is InChI=1S/C20H37N5O6/c1-7-11(6)14(22)18(28)24-15(9(2)3)19(29)23-12(8-13(21)26)17(27)25-16(10(4)5)20(30)31/h9-12,14-16H,7-8,22H2,1-6H3,(H2,21,26)(H,23,29)(H,24,28)(H,25,27)(H,30,31). The molecule has 0 aromatic carbocycles. The summed E-state index contributed by atoms with van der Waals surface area (Å²) in [5.41, 5.74) is 11.1. The topological polar surface area (TPSA) is 194 Å². The molecule has 4 amide bonds. The highest BCUT2D eigenvalue weighted by molar-refractivity contribution is 5.96. The Balaban J connectivity index is 5.49. The van der Waals surface area contributed by atoms with E-state index in [1.807, 2.05) is 13.8 Å². The summed E-state index contributed by atoms with van der Waals surface area (Å²) < 4.78 is 0. The van der Waals surface area contributed by atoms with Gasteiger partial charge in [-0.25, -0.2) is 4.79 Å². The fraction of sp³-hybridized carbons (Fsp3) is 0.750. The lowest BCUT2D eigenvalue weighted by Gasteiger charge is -2.28. The zero-order chi connectivity index (χ0) is 24.5. The number of rotatable bonds is 13. The molecule has 178 valence electrons. The Labute approximate surface area is 183 Å². The van der Waals surface area contributed by atoms with Crippen molar-refractivity contribution in [3.05, 3.63) is 0 Å². The molecule has 0 radical (unpaired) electrons. The van der Waals surface area contributed by atoms with E-state index in [-0.39, 0.29) is 11.8 Å². The number of nitrogens with one attached hydrogen (secondary N) is 3. The van der Waals surface area contributed by atoms with Crippen molar-refractivity contribution >= 4 is 29.6 Å². The Morgan fingerprint density at radius 1 is 0.806 bits per heavy atom. The molecule has 8 N–H and O–H groups in total. The molecule has 11 heteroatoms. The Morgan fingerprint density at radius 3 is 1.68 bits per heavy atom. The number of nitrogens with two attached hydrogens (primary N) is 2. The van der Waals surface area contributed by atoms with Crippen LogP contribution in [0.1, 0.15) is 54.4 Å². The van der Waals surface area contributed by atoms with E-state index in [4.69, 9.17) is 11.5 Å². The first-order chi connectivity index (χ1) is 14.2. The predicted molar refractivity (Wildman–Crippen MR) is 114 cm³/mol. The quantitative estimate of drug-likeness (QED) is 0.212. The van der Waals surface area contributed by atoms with Gasteiger partial charge in [-0.05, 0) is 17.8 Å². The number of hydrogen-bond acceptors (Lipinski definition) is 6. The van der Waals surface area contributed by atoms with Gasteiger partial charge in [0.05, 0.1) is 12.5 Å². The third kappa shape index (κ3) is 9.33. The summed E-state index contributed by atoms with van der Waals surface area (Å²) in [7, 11) is 0. The van der Waals surface area contributed by atoms with E-state index >= 15 is 0 Å². The number of hydrogen-bond donors (Lipinski definition) is 6. The fourth-order valence-corrected chi connectivity index (χ4v) is 2.74. The highest BCUT2D eigenvalue weighted by Gasteiger charge is 2.33. The molecular formula is C20H37N5O6. The van der Waals surface area contributed by atoms with Crippen LogP contribution in [0.4, 0.5) is 0 Å². The van der Waals surface area contributed by atoms with Crippen LogP contribution < -0.4 is 27.4 Å². The lowest BCUT2D eigenvalue weighted by molar-refractivity contribution is -0.143. The Bertz CT molecular complexity index is 666. The van der Waals surface area contributed by atoms with Gasteiger partial charge in [0.2, 0.25) is 23.6 Å². The molecule has 0 aromatic heterocycles. The van der Waals surface area contributed by atoms with Crippen LogP contribution in [0, 0.1) is 17.8 Å². The maximum Gasteiger partial charge on any atom is 0.326 e. The van der Waals surface area contributed by atoms with Gasteiger partial charge < -0.3 is 32.5 Å². The van der Waals surface area contributed by atoms with E-state index in [0.717, 1.165) is 0 Å². The molecular weight excluding hydrogens is 406 g/mol. The number of carboxylic acid groups (broad SMARTS) is 1. The highest BCUT2D eigenvalue weighted by atomic mass is 16.4. The molecule has 0 fully saturated rings.